The van der Waals surface area contributed by atoms with Gasteiger partial charge in [0.15, 0.2) is 9.04 Å². The summed E-state index contributed by atoms with van der Waals surface area (Å²) in [7, 11) is -8.33. The summed E-state index contributed by atoms with van der Waals surface area (Å²) in [5.74, 6) is 0. The third-order valence-electron chi connectivity index (χ3n) is 0.837. The highest BCUT2D eigenvalue weighted by Crippen LogP contribution is 2.09. The van der Waals surface area contributed by atoms with Crippen molar-refractivity contribution in [3.8, 4) is 0 Å². The van der Waals surface area contributed by atoms with Crippen LogP contribution in [0.5, 0.6) is 0 Å². The normalized spacial score (nSPS) is 18.0. The fraction of sp³-hybridized carbons (Fsp3) is 1.00. The van der Waals surface area contributed by atoms with Crippen molar-refractivity contribution in [2.75, 3.05) is 0 Å². The van der Waals surface area contributed by atoms with Gasteiger partial charge in [-0.15, -0.1) is 0 Å². The van der Waals surface area contributed by atoms with Crippen LogP contribution in [0.1, 0.15) is 0 Å². The van der Waals surface area contributed by atoms with Gasteiger partial charge in [-0.3, -0.25) is 0 Å². The molecule has 1 unspecified atom stereocenters. The van der Waals surface area contributed by atoms with E-state index in [1.807, 2.05) is 13.1 Å². The second kappa shape index (κ2) is 4.11. The van der Waals surface area contributed by atoms with E-state index < -0.39 is 26.6 Å². The third-order valence-corrected chi connectivity index (χ3v) is 7.53. The van der Waals surface area contributed by atoms with Gasteiger partial charge in [-0.2, -0.15) is 0 Å². The summed E-state index contributed by atoms with van der Waals surface area (Å²) in [5, 5.41) is 0. The lowest BCUT2D eigenvalue weighted by Crippen LogP contribution is -2.52. The SMILES string of the molecule is C[SiH](C)O[Si](C)(O)O[Si](C)(O)O. The molecule has 0 rings (SSSR count). The van der Waals surface area contributed by atoms with Crippen molar-refractivity contribution in [3.63, 3.8) is 0 Å². The Morgan fingerprint density at radius 2 is 1.50 bits per heavy atom. The van der Waals surface area contributed by atoms with Crippen molar-refractivity contribution in [1.82, 2.24) is 0 Å². The molecule has 3 N–H and O–H groups in total. The number of hydrogen-bond acceptors (Lipinski definition) is 5. The number of rotatable bonds is 4. The summed E-state index contributed by atoms with van der Waals surface area (Å²) < 4.78 is 9.83. The molecular formula is C4H16O5Si3. The van der Waals surface area contributed by atoms with E-state index in [1.54, 1.807) is 0 Å². The molecule has 0 aromatic rings. The zero-order chi connectivity index (χ0) is 9.99. The number of hydrogen-bond donors (Lipinski definition) is 3. The zero-order valence-electron chi connectivity index (χ0n) is 7.74. The van der Waals surface area contributed by atoms with Crippen molar-refractivity contribution >= 4 is 26.6 Å². The van der Waals surface area contributed by atoms with Crippen LogP contribution in [-0.2, 0) is 8.23 Å². The molecule has 0 saturated heterocycles. The van der Waals surface area contributed by atoms with E-state index in [-0.39, 0.29) is 0 Å². The van der Waals surface area contributed by atoms with E-state index in [4.69, 9.17) is 17.8 Å². The first-order valence-corrected chi connectivity index (χ1v) is 11.0. The van der Waals surface area contributed by atoms with Crippen molar-refractivity contribution < 1.29 is 22.6 Å². The van der Waals surface area contributed by atoms with Crippen molar-refractivity contribution in [2.45, 2.75) is 26.2 Å². The quantitative estimate of drug-likeness (QED) is 0.545. The molecular weight excluding hydrogens is 212 g/mol. The van der Waals surface area contributed by atoms with Gasteiger partial charge in [0.2, 0.25) is 0 Å². The van der Waals surface area contributed by atoms with Gasteiger partial charge in [-0.1, -0.05) is 0 Å². The van der Waals surface area contributed by atoms with Gasteiger partial charge >= 0.3 is 17.6 Å². The summed E-state index contributed by atoms with van der Waals surface area (Å²) in [5.41, 5.74) is 0. The van der Waals surface area contributed by atoms with Gasteiger partial charge in [-0.05, 0) is 13.1 Å². The maximum absolute atomic E-state index is 9.46. The molecule has 0 spiro atoms. The Labute approximate surface area is 76.0 Å². The predicted molar refractivity (Wildman–Crippen MR) is 50.9 cm³/mol. The highest BCUT2D eigenvalue weighted by Gasteiger charge is 2.40. The molecule has 0 aromatic heterocycles. The topological polar surface area (TPSA) is 79.2 Å². The van der Waals surface area contributed by atoms with Gasteiger partial charge in [-0.25, -0.2) is 0 Å². The summed E-state index contributed by atoms with van der Waals surface area (Å²) in [4.78, 5) is 27.4. The minimum atomic E-state index is -3.65. The van der Waals surface area contributed by atoms with Crippen LogP contribution in [0.4, 0.5) is 0 Å². The van der Waals surface area contributed by atoms with E-state index in [0.29, 0.717) is 0 Å². The third kappa shape index (κ3) is 7.12. The van der Waals surface area contributed by atoms with E-state index in [9.17, 15) is 4.80 Å². The van der Waals surface area contributed by atoms with Crippen LogP contribution < -0.4 is 0 Å². The van der Waals surface area contributed by atoms with E-state index in [0.717, 1.165) is 0 Å². The molecule has 0 amide bonds. The first kappa shape index (κ1) is 12.5. The lowest BCUT2D eigenvalue weighted by atomic mass is 11.9. The summed E-state index contributed by atoms with van der Waals surface area (Å²) in [6.45, 7) is 6.30. The zero-order valence-corrected chi connectivity index (χ0v) is 10.9. The molecule has 0 radical (unpaired) electrons. The summed E-state index contributed by atoms with van der Waals surface area (Å²) >= 11 is 0. The van der Waals surface area contributed by atoms with E-state index >= 15 is 0 Å². The monoisotopic (exact) mass is 228 g/mol. The lowest BCUT2D eigenvalue weighted by molar-refractivity contribution is 0.173. The molecule has 0 saturated carbocycles. The molecule has 0 aromatic carbocycles. The fourth-order valence-corrected chi connectivity index (χ4v) is 7.81. The highest BCUT2D eigenvalue weighted by molar-refractivity contribution is 6.75. The van der Waals surface area contributed by atoms with Crippen LogP contribution in [0.3, 0.4) is 0 Å². The molecule has 8 heteroatoms. The van der Waals surface area contributed by atoms with Crippen LogP contribution >= 0.6 is 0 Å². The second-order valence-electron chi connectivity index (χ2n) is 3.10. The van der Waals surface area contributed by atoms with E-state index in [2.05, 4.69) is 0 Å². The van der Waals surface area contributed by atoms with Crippen molar-refractivity contribution in [3.05, 3.63) is 0 Å². The Bertz CT molecular complexity index is 142. The Balaban J connectivity index is 4.04. The molecule has 12 heavy (non-hydrogen) atoms. The van der Waals surface area contributed by atoms with Gasteiger partial charge < -0.3 is 22.6 Å². The fourth-order valence-electron chi connectivity index (χ4n) is 0.820. The maximum atomic E-state index is 9.46. The Hall–Kier alpha value is 0.451. The van der Waals surface area contributed by atoms with Gasteiger partial charge in [0.1, 0.15) is 0 Å². The molecule has 0 heterocycles. The molecule has 0 aliphatic heterocycles. The molecule has 74 valence electrons. The van der Waals surface area contributed by atoms with Crippen LogP contribution in [0.25, 0.3) is 0 Å². The summed E-state index contributed by atoms with van der Waals surface area (Å²) in [6, 6.07) is 0. The van der Waals surface area contributed by atoms with Crippen LogP contribution in [0.2, 0.25) is 26.2 Å². The molecule has 1 atom stereocenters. The standard InChI is InChI=1S/C4H16O5Si3/c1-10(2)8-12(4,7)9-11(3,5)6/h5-7,10H,1-4H3. The molecule has 0 fully saturated rings. The van der Waals surface area contributed by atoms with Crippen LogP contribution in [0, 0.1) is 0 Å². The summed E-state index contributed by atoms with van der Waals surface area (Å²) in [6.07, 6.45) is 0. The van der Waals surface area contributed by atoms with E-state index in [1.165, 1.54) is 13.1 Å². The minimum Gasteiger partial charge on any atom is -0.419 e. The van der Waals surface area contributed by atoms with Crippen molar-refractivity contribution in [1.29, 1.82) is 0 Å². The smallest absolute Gasteiger partial charge is 0.419 e. The maximum Gasteiger partial charge on any atom is 0.484 e. The highest BCUT2D eigenvalue weighted by atomic mass is 28.5. The first-order chi connectivity index (χ1) is 5.12. The Kier molecular flexibility index (Phi) is 4.26. The molecule has 5 nitrogen and oxygen atoms in total. The van der Waals surface area contributed by atoms with Gasteiger partial charge in [0, 0.05) is 13.1 Å². The first-order valence-electron chi connectivity index (χ1n) is 3.67. The van der Waals surface area contributed by atoms with Crippen LogP contribution in [0.15, 0.2) is 0 Å². The average molecular weight is 228 g/mol. The Morgan fingerprint density at radius 1 is 1.08 bits per heavy atom. The molecule has 0 bridgehead atoms. The van der Waals surface area contributed by atoms with Gasteiger partial charge in [0.25, 0.3) is 0 Å². The lowest BCUT2D eigenvalue weighted by Gasteiger charge is -2.26. The largest absolute Gasteiger partial charge is 0.484 e. The minimum absolute atomic E-state index is 1.17. The molecule has 0 aliphatic carbocycles. The van der Waals surface area contributed by atoms with Crippen molar-refractivity contribution in [2.24, 2.45) is 0 Å². The average Bonchev–Trinajstić information content (AvgIpc) is 1.48. The predicted octanol–water partition coefficient (Wildman–Crippen LogP) is -0.883. The molecule has 0 aliphatic rings. The second-order valence-corrected chi connectivity index (χ2v) is 10.6. The Morgan fingerprint density at radius 3 is 1.75 bits per heavy atom. The van der Waals surface area contributed by atoms with Crippen LogP contribution in [-0.4, -0.2) is 41.0 Å². The van der Waals surface area contributed by atoms with Gasteiger partial charge in [0.05, 0.1) is 0 Å².